The van der Waals surface area contributed by atoms with Gasteiger partial charge in [0.15, 0.2) is 0 Å². The molecule has 0 saturated carbocycles. The third-order valence-electron chi connectivity index (χ3n) is 0.0667. The monoisotopic (exact) mass is 504 g/mol. The summed E-state index contributed by atoms with van der Waals surface area (Å²) in [7, 11) is 0. The summed E-state index contributed by atoms with van der Waals surface area (Å²) in [6.07, 6.45) is -1.83. The minimum absolute atomic E-state index is 0.750. The van der Waals surface area contributed by atoms with Gasteiger partial charge in [-0.05, 0) is 0 Å². The summed E-state index contributed by atoms with van der Waals surface area (Å²) in [6, 6.07) is 0. The second-order valence-electron chi connectivity index (χ2n) is 0.513. The standard InChI is InChI=1S/CH2O3.Bi.4O.Sb.Ti/c2-1(3)4;;;;;;;/h(H2,2,3,4);;;;;;;. The molecule has 0 rings (SSSR count). The van der Waals surface area contributed by atoms with Crippen LogP contribution in [0.3, 0.4) is 0 Å². The first-order valence-corrected chi connectivity index (χ1v) is 7.15. The summed E-state index contributed by atoms with van der Waals surface area (Å²) < 4.78 is 30.9. The van der Waals surface area contributed by atoms with Crippen LogP contribution in [-0.4, -0.2) is 62.1 Å². The molecule has 0 aromatic carbocycles. The van der Waals surface area contributed by atoms with E-state index < -0.39 is 51.9 Å². The molecule has 0 amide bonds. The Morgan fingerprint density at radius 1 is 1.45 bits per heavy atom. The number of rotatable bonds is 2. The Morgan fingerprint density at radius 3 is 1.73 bits per heavy atom. The second-order valence-corrected chi connectivity index (χ2v) is 6.24. The average Bonchev–Trinajstić information content (AvgIpc) is 1.93. The van der Waals surface area contributed by atoms with Gasteiger partial charge in [0.05, 0.1) is 0 Å². The van der Waals surface area contributed by atoms with E-state index in [4.69, 9.17) is 18.3 Å². The van der Waals surface area contributed by atoms with Crippen molar-refractivity contribution in [3.8, 4) is 0 Å². The van der Waals surface area contributed by atoms with E-state index in [-0.39, 0.29) is 0 Å². The first kappa shape index (κ1) is 18.0. The van der Waals surface area contributed by atoms with Crippen LogP contribution in [0.15, 0.2) is 0 Å². The van der Waals surface area contributed by atoms with E-state index >= 15 is 0 Å². The zero-order chi connectivity index (χ0) is 9.70. The van der Waals surface area contributed by atoms with Crippen LogP contribution in [0.25, 0.3) is 0 Å². The number of hydrogen-bond donors (Lipinski definition) is 2. The number of hydrogen-bond acceptors (Lipinski definition) is 5. The van der Waals surface area contributed by atoms with Gasteiger partial charge in [0.25, 0.3) is 0 Å². The molecule has 10 heteroatoms. The molecule has 0 radical (unpaired) electrons. The average molecular weight is 505 g/mol. The van der Waals surface area contributed by atoms with E-state index in [1.165, 1.54) is 0 Å². The van der Waals surface area contributed by atoms with Crippen LogP contribution >= 0.6 is 0 Å². The predicted molar refractivity (Wildman–Crippen MR) is 25.3 cm³/mol. The molecule has 0 atom stereocenters. The first-order chi connectivity index (χ1) is 5.15. The van der Waals surface area contributed by atoms with Crippen molar-refractivity contribution in [1.29, 1.82) is 0 Å². The topological polar surface area (TPSA) is 118 Å². The molecule has 0 aliphatic rings. The molecule has 0 aromatic heterocycles. The van der Waals surface area contributed by atoms with Gasteiger partial charge in [-0.25, -0.2) is 4.79 Å². The molecule has 0 spiro atoms. The van der Waals surface area contributed by atoms with Crippen LogP contribution in [0, 0.1) is 0 Å². The van der Waals surface area contributed by atoms with Crippen molar-refractivity contribution in [3.63, 3.8) is 0 Å². The predicted octanol–water partition coefficient (Wildman–Crippen LogP) is -0.966. The van der Waals surface area contributed by atoms with Crippen molar-refractivity contribution in [3.05, 3.63) is 0 Å². The van der Waals surface area contributed by atoms with Crippen molar-refractivity contribution >= 4 is 51.9 Å². The van der Waals surface area contributed by atoms with E-state index in [1.807, 2.05) is 0 Å². The molecular formula is CH2BiO7SbTi. The summed E-state index contributed by atoms with van der Waals surface area (Å²) in [6.45, 7) is 0. The van der Waals surface area contributed by atoms with Gasteiger partial charge in [0, 0.05) is 0 Å². The Kier molecular flexibility index (Phi) is 36.7. The van der Waals surface area contributed by atoms with Crippen LogP contribution in [0.5, 0.6) is 0 Å². The quantitative estimate of drug-likeness (QED) is 0.465. The maximum atomic E-state index is 9.33. The van der Waals surface area contributed by atoms with Gasteiger partial charge in [0.2, 0.25) is 0 Å². The fourth-order valence-corrected chi connectivity index (χ4v) is 0.801. The summed E-state index contributed by atoms with van der Waals surface area (Å²) in [4.78, 5) is 8.56. The Bertz CT molecular complexity index is 107. The zero-order valence-corrected chi connectivity index (χ0v) is 12.4. The van der Waals surface area contributed by atoms with E-state index in [2.05, 4.69) is 1.09 Å². The number of carboxylic acid groups (broad SMARTS) is 2. The summed E-state index contributed by atoms with van der Waals surface area (Å²) in [5.74, 6) is 0. The van der Waals surface area contributed by atoms with E-state index in [1.54, 1.807) is 0 Å². The van der Waals surface area contributed by atoms with Crippen molar-refractivity contribution in [2.24, 2.45) is 0 Å². The van der Waals surface area contributed by atoms with E-state index in [0.29, 0.717) is 0 Å². The third-order valence-corrected chi connectivity index (χ3v) is 3.92. The molecule has 0 aliphatic heterocycles. The van der Waals surface area contributed by atoms with Crippen molar-refractivity contribution in [1.82, 2.24) is 0 Å². The molecule has 0 heterocycles. The Labute approximate surface area is 96.3 Å². The molecule has 0 saturated heterocycles. The molecule has 0 aliphatic carbocycles. The normalized spacial score (nSPS) is 5.36. The fourth-order valence-electron chi connectivity index (χ4n) is 0.0136. The van der Waals surface area contributed by atoms with E-state index in [9.17, 15) is 5.83 Å². The Hall–Kier alpha value is 1.05. The molecule has 0 fully saturated rings. The number of carbonyl (C=O) groups is 1. The minimum atomic E-state index is -1.86. The van der Waals surface area contributed by atoms with Crippen molar-refractivity contribution in [2.45, 2.75) is 0 Å². The molecule has 62 valence electrons. The maximum absolute atomic E-state index is 9.33. The van der Waals surface area contributed by atoms with Crippen LogP contribution < -0.4 is 0 Å². The van der Waals surface area contributed by atoms with Gasteiger partial charge in [-0.15, -0.1) is 0 Å². The van der Waals surface area contributed by atoms with Gasteiger partial charge in [-0.3, -0.25) is 0 Å². The molecule has 0 unspecified atom stereocenters. The van der Waals surface area contributed by atoms with Gasteiger partial charge in [-0.2, -0.15) is 0 Å². The molecule has 0 bridgehead atoms. The molecule has 11 heavy (non-hydrogen) atoms. The Balaban J connectivity index is -0.0000000965. The summed E-state index contributed by atoms with van der Waals surface area (Å²) >= 11 is -2.75. The first-order valence-electron chi connectivity index (χ1n) is 1.59. The fraction of sp³-hybridized carbons (Fsp3) is 0. The van der Waals surface area contributed by atoms with Gasteiger partial charge in [0.1, 0.15) is 0 Å². The molecule has 2 N–H and O–H groups in total. The van der Waals surface area contributed by atoms with E-state index in [0.717, 1.165) is 20.4 Å². The molecular weight excluding hydrogens is 503 g/mol. The zero-order valence-electron chi connectivity index (χ0n) is 4.83. The van der Waals surface area contributed by atoms with Crippen molar-refractivity contribution < 1.29 is 45.7 Å². The molecule has 7 nitrogen and oxygen atoms in total. The van der Waals surface area contributed by atoms with Gasteiger partial charge < -0.3 is 10.2 Å². The second kappa shape index (κ2) is 22.5. The summed E-state index contributed by atoms with van der Waals surface area (Å²) in [5, 5.41) is 13.9. The SMILES string of the molecule is O=C(O)O.[O]=[Sb][O][Bi]=[O].[O]=[Ti]. The molecule has 0 aromatic rings. The summed E-state index contributed by atoms with van der Waals surface area (Å²) in [5.41, 5.74) is 0. The van der Waals surface area contributed by atoms with Crippen LogP contribution in [0.4, 0.5) is 4.79 Å². The Morgan fingerprint density at radius 2 is 1.73 bits per heavy atom. The van der Waals surface area contributed by atoms with Crippen LogP contribution in [0.1, 0.15) is 0 Å². The van der Waals surface area contributed by atoms with Crippen LogP contribution in [-0.2, 0) is 30.7 Å². The third kappa shape index (κ3) is 97.4. The van der Waals surface area contributed by atoms with Gasteiger partial charge in [-0.1, -0.05) is 0 Å². The van der Waals surface area contributed by atoms with Gasteiger partial charge >= 0.3 is 82.5 Å². The van der Waals surface area contributed by atoms with Crippen LogP contribution in [0.2, 0.25) is 0 Å². The van der Waals surface area contributed by atoms with Crippen molar-refractivity contribution in [2.75, 3.05) is 0 Å².